The topological polar surface area (TPSA) is 86.5 Å². The molecule has 33 heavy (non-hydrogen) atoms. The van der Waals surface area contributed by atoms with Gasteiger partial charge < -0.3 is 10.6 Å². The first-order valence-electron chi connectivity index (χ1n) is 10.6. The summed E-state index contributed by atoms with van der Waals surface area (Å²) in [7, 11) is 0. The van der Waals surface area contributed by atoms with Crippen LogP contribution in [0, 0.1) is 11.3 Å². The van der Waals surface area contributed by atoms with Crippen molar-refractivity contribution < 1.29 is 0 Å². The zero-order valence-corrected chi connectivity index (χ0v) is 17.7. The number of nitriles is 1. The number of anilines is 3. The van der Waals surface area contributed by atoms with E-state index in [1.165, 1.54) is 5.56 Å². The predicted octanol–water partition coefficient (Wildman–Crippen LogP) is 5.92. The van der Waals surface area contributed by atoms with Gasteiger partial charge in [-0.3, -0.25) is 4.98 Å². The average Bonchev–Trinajstić information content (AvgIpc) is 2.89. The largest absolute Gasteiger partial charge is 0.378 e. The number of para-hydroxylation sites is 1. The van der Waals surface area contributed by atoms with Gasteiger partial charge >= 0.3 is 0 Å². The van der Waals surface area contributed by atoms with Crippen molar-refractivity contribution in [3.8, 4) is 17.5 Å². The lowest BCUT2D eigenvalue weighted by atomic mass is 10.1. The van der Waals surface area contributed by atoms with Crippen LogP contribution in [0.25, 0.3) is 22.3 Å². The summed E-state index contributed by atoms with van der Waals surface area (Å²) in [5, 5.41) is 16.9. The average molecular weight is 428 g/mol. The highest BCUT2D eigenvalue weighted by molar-refractivity contribution is 5.93. The Labute approximate surface area is 191 Å². The quantitative estimate of drug-likeness (QED) is 0.349. The van der Waals surface area contributed by atoms with Crippen LogP contribution in [-0.2, 0) is 6.54 Å². The Morgan fingerprint density at radius 3 is 2.39 bits per heavy atom. The minimum Gasteiger partial charge on any atom is -0.378 e. The summed E-state index contributed by atoms with van der Waals surface area (Å²) in [6.07, 6.45) is 3.55. The van der Waals surface area contributed by atoms with Crippen molar-refractivity contribution in [2.75, 3.05) is 10.6 Å². The molecule has 0 aliphatic rings. The van der Waals surface area contributed by atoms with Gasteiger partial charge in [-0.15, -0.1) is 0 Å². The molecule has 0 saturated carbocycles. The standard InChI is InChI=1S/C27H20N6/c28-16-19-10-12-21(13-11-19)26-31-23-9-5-4-8-22(23)27(33-26)32-24-14-15-29-18-25(24)30-17-20-6-2-1-3-7-20/h1-15,18,30H,17H2,(H,29,31,32,33). The van der Waals surface area contributed by atoms with Gasteiger partial charge in [-0.1, -0.05) is 42.5 Å². The van der Waals surface area contributed by atoms with Gasteiger partial charge in [0.05, 0.1) is 34.7 Å². The third-order valence-corrected chi connectivity index (χ3v) is 5.28. The van der Waals surface area contributed by atoms with Crippen LogP contribution in [0.2, 0.25) is 0 Å². The van der Waals surface area contributed by atoms with Crippen LogP contribution in [0.4, 0.5) is 17.2 Å². The minimum absolute atomic E-state index is 0.591. The summed E-state index contributed by atoms with van der Waals surface area (Å²) in [4.78, 5) is 13.8. The van der Waals surface area contributed by atoms with Crippen LogP contribution in [0.5, 0.6) is 0 Å². The van der Waals surface area contributed by atoms with Gasteiger partial charge in [0.2, 0.25) is 0 Å². The molecule has 0 unspecified atom stereocenters. The molecule has 2 N–H and O–H groups in total. The fourth-order valence-electron chi connectivity index (χ4n) is 3.56. The van der Waals surface area contributed by atoms with Crippen molar-refractivity contribution in [3.63, 3.8) is 0 Å². The highest BCUT2D eigenvalue weighted by Gasteiger charge is 2.12. The summed E-state index contributed by atoms with van der Waals surface area (Å²) < 4.78 is 0. The van der Waals surface area contributed by atoms with Crippen molar-refractivity contribution >= 4 is 28.1 Å². The Kier molecular flexibility index (Phi) is 5.60. The van der Waals surface area contributed by atoms with E-state index in [-0.39, 0.29) is 0 Å². The molecule has 0 spiro atoms. The van der Waals surface area contributed by atoms with Crippen LogP contribution in [-0.4, -0.2) is 15.0 Å². The molecule has 6 heteroatoms. The minimum atomic E-state index is 0.591. The Balaban J connectivity index is 1.50. The molecular weight excluding hydrogens is 408 g/mol. The van der Waals surface area contributed by atoms with Crippen LogP contribution < -0.4 is 10.6 Å². The third-order valence-electron chi connectivity index (χ3n) is 5.28. The first-order chi connectivity index (χ1) is 16.3. The van der Waals surface area contributed by atoms with Gasteiger partial charge in [-0.05, 0) is 48.0 Å². The maximum absolute atomic E-state index is 9.09. The van der Waals surface area contributed by atoms with Crippen molar-refractivity contribution in [2.45, 2.75) is 6.54 Å². The molecular formula is C27H20N6. The van der Waals surface area contributed by atoms with Crippen molar-refractivity contribution in [1.82, 2.24) is 15.0 Å². The number of rotatable bonds is 6. The molecule has 5 aromatic rings. The highest BCUT2D eigenvalue weighted by atomic mass is 15.1. The second kappa shape index (κ2) is 9.16. The number of fused-ring (bicyclic) bond motifs is 1. The second-order valence-electron chi connectivity index (χ2n) is 7.49. The zero-order valence-electron chi connectivity index (χ0n) is 17.7. The van der Waals surface area contributed by atoms with E-state index in [4.69, 9.17) is 15.2 Å². The Hall–Kier alpha value is -4.76. The molecule has 0 atom stereocenters. The lowest BCUT2D eigenvalue weighted by Crippen LogP contribution is -2.05. The van der Waals surface area contributed by atoms with Crippen molar-refractivity contribution in [3.05, 3.63) is 108 Å². The predicted molar refractivity (Wildman–Crippen MR) is 131 cm³/mol. The molecule has 0 saturated heterocycles. The highest BCUT2D eigenvalue weighted by Crippen LogP contribution is 2.30. The van der Waals surface area contributed by atoms with Crippen LogP contribution >= 0.6 is 0 Å². The van der Waals surface area contributed by atoms with E-state index >= 15 is 0 Å². The normalized spacial score (nSPS) is 10.5. The van der Waals surface area contributed by atoms with E-state index in [2.05, 4.69) is 33.8 Å². The maximum atomic E-state index is 9.09. The van der Waals surface area contributed by atoms with Crippen LogP contribution in [0.1, 0.15) is 11.1 Å². The molecule has 5 rings (SSSR count). The molecule has 0 bridgehead atoms. The van der Waals surface area contributed by atoms with Crippen molar-refractivity contribution in [1.29, 1.82) is 5.26 Å². The summed E-state index contributed by atoms with van der Waals surface area (Å²) in [6.45, 7) is 0.683. The number of pyridine rings is 1. The van der Waals surface area contributed by atoms with E-state index in [9.17, 15) is 0 Å². The molecule has 2 aromatic heterocycles. The lowest BCUT2D eigenvalue weighted by molar-refractivity contribution is 1.14. The number of hydrogen-bond acceptors (Lipinski definition) is 6. The smallest absolute Gasteiger partial charge is 0.162 e. The monoisotopic (exact) mass is 428 g/mol. The molecule has 3 aromatic carbocycles. The van der Waals surface area contributed by atoms with E-state index < -0.39 is 0 Å². The number of nitrogens with zero attached hydrogens (tertiary/aromatic N) is 4. The molecule has 0 fully saturated rings. The first kappa shape index (κ1) is 20.2. The third kappa shape index (κ3) is 4.48. The first-order valence-corrected chi connectivity index (χ1v) is 10.6. The van der Waals surface area contributed by atoms with Crippen LogP contribution in [0.15, 0.2) is 97.3 Å². The van der Waals surface area contributed by atoms with E-state index in [0.29, 0.717) is 23.8 Å². The summed E-state index contributed by atoms with van der Waals surface area (Å²) in [5.74, 6) is 1.29. The van der Waals surface area contributed by atoms with Gasteiger partial charge in [0.1, 0.15) is 5.82 Å². The van der Waals surface area contributed by atoms with Crippen LogP contribution in [0.3, 0.4) is 0 Å². The number of nitrogens with one attached hydrogen (secondary N) is 2. The molecule has 158 valence electrons. The van der Waals surface area contributed by atoms with Gasteiger partial charge in [0.15, 0.2) is 5.82 Å². The lowest BCUT2D eigenvalue weighted by Gasteiger charge is -2.15. The Morgan fingerprint density at radius 2 is 1.58 bits per heavy atom. The van der Waals surface area contributed by atoms with E-state index in [1.54, 1.807) is 24.5 Å². The summed E-state index contributed by atoms with van der Waals surface area (Å²) in [6, 6.07) is 29.5. The second-order valence-corrected chi connectivity index (χ2v) is 7.49. The Bertz CT molecular complexity index is 1440. The zero-order chi connectivity index (χ0) is 22.5. The fourth-order valence-corrected chi connectivity index (χ4v) is 3.56. The van der Waals surface area contributed by atoms with Gasteiger partial charge in [0, 0.05) is 23.7 Å². The molecule has 0 aliphatic carbocycles. The van der Waals surface area contributed by atoms with Crippen molar-refractivity contribution in [2.24, 2.45) is 0 Å². The molecule has 0 amide bonds. The van der Waals surface area contributed by atoms with Gasteiger partial charge in [-0.25, -0.2) is 9.97 Å². The maximum Gasteiger partial charge on any atom is 0.162 e. The number of aromatic nitrogens is 3. The van der Waals surface area contributed by atoms with E-state index in [0.717, 1.165) is 27.8 Å². The summed E-state index contributed by atoms with van der Waals surface area (Å²) in [5.41, 5.74) is 5.22. The molecule has 6 nitrogen and oxygen atoms in total. The fraction of sp³-hybridized carbons (Fsp3) is 0.0370. The number of hydrogen-bond donors (Lipinski definition) is 2. The SMILES string of the molecule is N#Cc1ccc(-c2nc(Nc3ccncc3NCc3ccccc3)c3ccccc3n2)cc1. The molecule has 0 aliphatic heterocycles. The Morgan fingerprint density at radius 1 is 0.788 bits per heavy atom. The summed E-state index contributed by atoms with van der Waals surface area (Å²) >= 11 is 0. The molecule has 0 radical (unpaired) electrons. The van der Waals surface area contributed by atoms with Gasteiger partial charge in [-0.2, -0.15) is 5.26 Å². The number of benzene rings is 3. The van der Waals surface area contributed by atoms with E-state index in [1.807, 2.05) is 60.7 Å². The molecule has 2 heterocycles. The van der Waals surface area contributed by atoms with Gasteiger partial charge in [0.25, 0.3) is 0 Å².